The van der Waals surface area contributed by atoms with E-state index in [1.54, 1.807) is 23.5 Å². The van der Waals surface area contributed by atoms with Gasteiger partial charge in [-0.2, -0.15) is 0 Å². The first-order valence-electron chi connectivity index (χ1n) is 5.81. The molecule has 3 aliphatic heterocycles. The molecule has 0 spiro atoms. The van der Waals surface area contributed by atoms with E-state index in [1.165, 1.54) is 15.4 Å². The maximum atomic E-state index is 4.88. The van der Waals surface area contributed by atoms with Crippen LogP contribution in [0.5, 0.6) is 0 Å². The van der Waals surface area contributed by atoms with Crippen LogP contribution in [0.25, 0.3) is 10.6 Å². The first kappa shape index (κ1) is 12.7. The zero-order chi connectivity index (χ0) is 12.7. The molecule has 0 radical (unpaired) electrons. The van der Waals surface area contributed by atoms with Crippen molar-refractivity contribution in [3.63, 3.8) is 0 Å². The van der Waals surface area contributed by atoms with Gasteiger partial charge in [-0.15, -0.1) is 34.9 Å². The number of thioether (sulfide) groups is 2. The molecule has 3 nitrogen and oxygen atoms in total. The third-order valence-corrected chi connectivity index (χ3v) is 5.82. The van der Waals surface area contributed by atoms with Gasteiger partial charge in [-0.1, -0.05) is 0 Å². The molecule has 0 atom stereocenters. The zero-order valence-electron chi connectivity index (χ0n) is 10.7. The molecule has 0 fully saturated rings. The maximum absolute atomic E-state index is 4.88. The van der Waals surface area contributed by atoms with Crippen LogP contribution >= 0.6 is 34.9 Å². The van der Waals surface area contributed by atoms with Gasteiger partial charge in [0.2, 0.25) is 0 Å². The third kappa shape index (κ3) is 2.05. The second kappa shape index (κ2) is 5.00. The van der Waals surface area contributed by atoms with Gasteiger partial charge in [-0.3, -0.25) is 0 Å². The molecule has 0 N–H and O–H groups in total. The van der Waals surface area contributed by atoms with Crippen LogP contribution in [0.2, 0.25) is 0 Å². The van der Waals surface area contributed by atoms with Gasteiger partial charge in [0.15, 0.2) is 0 Å². The summed E-state index contributed by atoms with van der Waals surface area (Å²) in [6, 6.07) is 0. The highest BCUT2D eigenvalue weighted by Gasteiger charge is 2.24. The van der Waals surface area contributed by atoms with Gasteiger partial charge in [0, 0.05) is 24.4 Å². The van der Waals surface area contributed by atoms with Crippen molar-refractivity contribution < 1.29 is 0 Å². The number of fused-ring (bicyclic) bond motifs is 2. The molecule has 0 aromatic carbocycles. The molecule has 0 aliphatic carbocycles. The van der Waals surface area contributed by atoms with Crippen LogP contribution in [0, 0.1) is 0 Å². The van der Waals surface area contributed by atoms with E-state index in [2.05, 4.69) is 29.4 Å². The lowest BCUT2D eigenvalue weighted by Crippen LogP contribution is -2.26. The number of rotatable bonds is 2. The fourth-order valence-corrected chi connectivity index (χ4v) is 4.84. The first-order valence-corrected chi connectivity index (χ1v) is 9.08. The molecular formula is C12H15N3S3. The normalized spacial score (nSPS) is 16.2. The first-order chi connectivity index (χ1) is 8.72. The minimum atomic E-state index is 1.02. The highest BCUT2D eigenvalue weighted by Crippen LogP contribution is 2.42. The zero-order valence-corrected chi connectivity index (χ0v) is 13.1. The van der Waals surface area contributed by atoms with Crippen LogP contribution in [-0.2, 0) is 13.0 Å². The number of hydrogen-bond acceptors (Lipinski definition) is 6. The predicted octanol–water partition coefficient (Wildman–Crippen LogP) is 3.07. The molecule has 18 heavy (non-hydrogen) atoms. The fraction of sp³-hybridized carbons (Fsp3) is 0.500. The van der Waals surface area contributed by atoms with E-state index in [0.717, 1.165) is 35.3 Å². The van der Waals surface area contributed by atoms with E-state index in [-0.39, 0.29) is 0 Å². The van der Waals surface area contributed by atoms with E-state index in [4.69, 9.17) is 4.98 Å². The molecule has 3 aliphatic rings. The van der Waals surface area contributed by atoms with E-state index >= 15 is 0 Å². The van der Waals surface area contributed by atoms with Crippen LogP contribution < -0.4 is 0 Å². The summed E-state index contributed by atoms with van der Waals surface area (Å²) in [7, 11) is 2.17. The van der Waals surface area contributed by atoms with E-state index in [1.807, 2.05) is 11.3 Å². The summed E-state index contributed by atoms with van der Waals surface area (Å²) in [6.45, 7) is 2.13. The molecule has 0 aromatic heterocycles. The van der Waals surface area contributed by atoms with E-state index in [9.17, 15) is 0 Å². The molecule has 3 heterocycles. The quantitative estimate of drug-likeness (QED) is 0.795. The number of nitrogens with zero attached hydrogens (tertiary/aromatic N) is 3. The van der Waals surface area contributed by atoms with Crippen molar-refractivity contribution in [1.29, 1.82) is 0 Å². The number of hydrogen-bond donors (Lipinski definition) is 0. The van der Waals surface area contributed by atoms with Gasteiger partial charge in [-0.25, -0.2) is 9.97 Å². The third-order valence-electron chi connectivity index (χ3n) is 3.14. The monoisotopic (exact) mass is 297 g/mol. The van der Waals surface area contributed by atoms with Crippen LogP contribution in [0.1, 0.15) is 10.6 Å². The van der Waals surface area contributed by atoms with Crippen LogP contribution in [-0.4, -0.2) is 41.0 Å². The van der Waals surface area contributed by atoms with Crippen molar-refractivity contribution in [2.75, 3.05) is 26.1 Å². The molecule has 6 heteroatoms. The van der Waals surface area contributed by atoms with E-state index < -0.39 is 0 Å². The molecule has 3 rings (SSSR count). The lowest BCUT2D eigenvalue weighted by molar-refractivity contribution is 0.314. The fourth-order valence-electron chi connectivity index (χ4n) is 2.18. The summed E-state index contributed by atoms with van der Waals surface area (Å²) in [6.07, 6.45) is 5.22. The molecule has 0 saturated heterocycles. The average Bonchev–Trinajstić information content (AvgIpc) is 2.73. The molecule has 0 aromatic rings. The summed E-state index contributed by atoms with van der Waals surface area (Å²) in [4.78, 5) is 14.6. The Morgan fingerprint density at radius 1 is 1.17 bits per heavy atom. The predicted molar refractivity (Wildman–Crippen MR) is 80.1 cm³/mol. The molecule has 0 unspecified atom stereocenters. The molecular weight excluding hydrogens is 282 g/mol. The molecule has 96 valence electrons. The summed E-state index contributed by atoms with van der Waals surface area (Å²) < 4.78 is 0. The average molecular weight is 297 g/mol. The Hall–Kier alpha value is -0.300. The van der Waals surface area contributed by atoms with Crippen molar-refractivity contribution in [2.45, 2.75) is 23.0 Å². The summed E-state index contributed by atoms with van der Waals surface area (Å²) >= 11 is 5.29. The Balaban J connectivity index is 2.18. The summed E-state index contributed by atoms with van der Waals surface area (Å²) in [5, 5.41) is 2.20. The summed E-state index contributed by atoms with van der Waals surface area (Å²) in [5.41, 5.74) is 2.39. The summed E-state index contributed by atoms with van der Waals surface area (Å²) in [5.74, 6) is 0. The molecule has 0 amide bonds. The minimum Gasteiger partial charge on any atom is -0.301 e. The Morgan fingerprint density at radius 2 is 1.94 bits per heavy atom. The van der Waals surface area contributed by atoms with Crippen molar-refractivity contribution in [3.05, 3.63) is 10.6 Å². The van der Waals surface area contributed by atoms with Gasteiger partial charge < -0.3 is 4.90 Å². The van der Waals surface area contributed by atoms with E-state index in [0.29, 0.717) is 0 Å². The van der Waals surface area contributed by atoms with Crippen molar-refractivity contribution in [1.82, 2.24) is 14.9 Å². The second-order valence-electron chi connectivity index (χ2n) is 4.38. The number of aromatic nitrogens is 2. The molecule has 0 bridgehead atoms. The lowest BCUT2D eigenvalue weighted by atomic mass is 10.2. The Morgan fingerprint density at radius 3 is 2.67 bits per heavy atom. The Bertz CT molecular complexity index is 552. The Kier molecular flexibility index (Phi) is 3.53. The highest BCUT2D eigenvalue weighted by atomic mass is 32.2. The standard InChI is InChI=1S/C12H15N3S3/c1-15-5-4-7-8(6-15)18-10-9(13-7)11(16-2)14-12(10)17-3/h4-6H2,1-3H3. The van der Waals surface area contributed by atoms with Gasteiger partial charge in [0.05, 0.1) is 10.6 Å². The van der Waals surface area contributed by atoms with Crippen molar-refractivity contribution >= 4 is 34.9 Å². The second-order valence-corrected chi connectivity index (χ2v) is 7.07. The minimum absolute atomic E-state index is 1.02. The van der Waals surface area contributed by atoms with Crippen molar-refractivity contribution in [2.24, 2.45) is 0 Å². The van der Waals surface area contributed by atoms with Crippen LogP contribution in [0.3, 0.4) is 0 Å². The van der Waals surface area contributed by atoms with Crippen molar-refractivity contribution in [3.8, 4) is 10.6 Å². The molecule has 0 saturated carbocycles. The van der Waals surface area contributed by atoms with Crippen LogP contribution in [0.4, 0.5) is 0 Å². The SMILES string of the molecule is CSc1nc(SC)c2sc3c(nc1-2)CCN(C)C3. The largest absolute Gasteiger partial charge is 0.301 e. The van der Waals surface area contributed by atoms with Crippen LogP contribution in [0.15, 0.2) is 10.1 Å². The maximum Gasteiger partial charge on any atom is 0.124 e. The van der Waals surface area contributed by atoms with Gasteiger partial charge in [-0.05, 0) is 19.6 Å². The lowest BCUT2D eigenvalue weighted by Gasteiger charge is -2.24. The Labute approximate surface area is 120 Å². The van der Waals surface area contributed by atoms with Gasteiger partial charge in [0.1, 0.15) is 15.7 Å². The van der Waals surface area contributed by atoms with Gasteiger partial charge >= 0.3 is 0 Å². The topological polar surface area (TPSA) is 29.0 Å². The highest BCUT2D eigenvalue weighted by molar-refractivity contribution is 7.99. The van der Waals surface area contributed by atoms with Gasteiger partial charge in [0.25, 0.3) is 0 Å². The smallest absolute Gasteiger partial charge is 0.124 e. The number of likely N-dealkylation sites (N-methyl/N-ethyl adjacent to an activating group) is 1.